The van der Waals surface area contributed by atoms with Crippen molar-refractivity contribution in [1.82, 2.24) is 0 Å². The van der Waals surface area contributed by atoms with E-state index >= 15 is 0 Å². The monoisotopic (exact) mass is 689 g/mol. The summed E-state index contributed by atoms with van der Waals surface area (Å²) in [4.78, 5) is 25.1. The Morgan fingerprint density at radius 3 is 1.11 bits per heavy atom. The first-order valence-corrected chi connectivity index (χ1v) is 21.7. The predicted molar refractivity (Wildman–Crippen MR) is 196 cm³/mol. The molecule has 0 radical (unpaired) electrons. The lowest BCUT2D eigenvalue weighted by Gasteiger charge is -2.16. The third-order valence-corrected chi connectivity index (χ3v) is 10.3. The van der Waals surface area contributed by atoms with Crippen LogP contribution in [0.1, 0.15) is 213 Å². The lowest BCUT2D eigenvalue weighted by atomic mass is 10.0. The third-order valence-electron chi connectivity index (χ3n) is 8.83. The van der Waals surface area contributed by atoms with Crippen molar-refractivity contribution in [3.05, 3.63) is 0 Å². The quantitative estimate of drug-likeness (QED) is 0.0364. The van der Waals surface area contributed by atoms with Crippen LogP contribution in [0.4, 0.5) is 0 Å². The molecule has 0 aliphatic carbocycles. The largest absolute Gasteiger partial charge is 0.466 e. The lowest BCUT2D eigenvalue weighted by molar-refractivity contribution is -0.158. The molecule has 0 rings (SSSR count). The zero-order valence-electron chi connectivity index (χ0n) is 31.2. The van der Waals surface area contributed by atoms with Crippen LogP contribution in [-0.2, 0) is 33.4 Å². The standard InChI is InChI=1S/C39H76O7S/c1-4-7-9-11-13-15-17-19-21-23-25-27-29-31-33-44-38(40)36-37(46-47(42,43)35-6-3)39(41)45-34-32-30-28-26-24-22-20-18-16-14-12-10-8-5-2/h37H,4-36H2,1-3H3. The molecule has 47 heavy (non-hydrogen) atoms. The summed E-state index contributed by atoms with van der Waals surface area (Å²) in [5.41, 5.74) is 0. The van der Waals surface area contributed by atoms with Crippen LogP contribution in [0.3, 0.4) is 0 Å². The van der Waals surface area contributed by atoms with Crippen LogP contribution in [0.15, 0.2) is 0 Å². The number of rotatable bonds is 37. The minimum Gasteiger partial charge on any atom is -0.466 e. The maximum absolute atomic E-state index is 12.7. The number of hydrogen-bond acceptors (Lipinski definition) is 7. The molecular weight excluding hydrogens is 612 g/mol. The Balaban J connectivity index is 4.04. The van der Waals surface area contributed by atoms with Gasteiger partial charge < -0.3 is 9.47 Å². The van der Waals surface area contributed by atoms with Crippen molar-refractivity contribution in [2.24, 2.45) is 0 Å². The van der Waals surface area contributed by atoms with Crippen molar-refractivity contribution in [2.45, 2.75) is 219 Å². The van der Waals surface area contributed by atoms with Gasteiger partial charge in [-0.3, -0.25) is 8.98 Å². The molecule has 0 saturated carbocycles. The van der Waals surface area contributed by atoms with E-state index in [-0.39, 0.29) is 19.0 Å². The van der Waals surface area contributed by atoms with Crippen LogP contribution in [0.25, 0.3) is 0 Å². The maximum Gasteiger partial charge on any atom is 0.337 e. The van der Waals surface area contributed by atoms with E-state index in [4.69, 9.17) is 13.7 Å². The fraction of sp³-hybridized carbons (Fsp3) is 0.949. The molecule has 0 heterocycles. The van der Waals surface area contributed by atoms with Gasteiger partial charge in [0.1, 0.15) is 0 Å². The molecular formula is C39H76O7S. The lowest BCUT2D eigenvalue weighted by Crippen LogP contribution is -2.33. The second-order valence-electron chi connectivity index (χ2n) is 13.6. The fourth-order valence-corrected chi connectivity index (χ4v) is 6.98. The van der Waals surface area contributed by atoms with Gasteiger partial charge in [-0.1, -0.05) is 188 Å². The van der Waals surface area contributed by atoms with E-state index in [1.54, 1.807) is 6.92 Å². The molecule has 280 valence electrons. The zero-order chi connectivity index (χ0) is 34.7. The number of carbonyl (C=O) groups excluding carboxylic acids is 2. The van der Waals surface area contributed by atoms with E-state index < -0.39 is 34.6 Å². The van der Waals surface area contributed by atoms with E-state index in [1.807, 2.05) is 0 Å². The van der Waals surface area contributed by atoms with Gasteiger partial charge in [0.2, 0.25) is 0 Å². The molecule has 0 bridgehead atoms. The summed E-state index contributed by atoms with van der Waals surface area (Å²) in [6, 6.07) is 0. The van der Waals surface area contributed by atoms with E-state index in [1.165, 1.54) is 141 Å². The molecule has 0 amide bonds. The van der Waals surface area contributed by atoms with Crippen LogP contribution in [0, 0.1) is 0 Å². The minimum atomic E-state index is -3.94. The van der Waals surface area contributed by atoms with E-state index in [2.05, 4.69) is 13.8 Å². The van der Waals surface area contributed by atoms with Crippen LogP contribution in [0.2, 0.25) is 0 Å². The highest BCUT2D eigenvalue weighted by atomic mass is 32.2. The van der Waals surface area contributed by atoms with E-state index in [0.29, 0.717) is 12.8 Å². The Kier molecular flexibility index (Phi) is 33.9. The Hall–Kier alpha value is -1.15. The van der Waals surface area contributed by atoms with Gasteiger partial charge in [-0.25, -0.2) is 4.79 Å². The van der Waals surface area contributed by atoms with Gasteiger partial charge in [-0.05, 0) is 19.3 Å². The summed E-state index contributed by atoms with van der Waals surface area (Å²) in [7, 11) is -3.94. The SMILES string of the molecule is CCCCCCCCCCCCCCCCOC(=O)CC(OS(=O)(=O)CCC)C(=O)OCCCCCCCCCCCCCCCC. The molecule has 0 spiro atoms. The van der Waals surface area contributed by atoms with Crippen molar-refractivity contribution < 1.29 is 31.7 Å². The van der Waals surface area contributed by atoms with Gasteiger partial charge in [0, 0.05) is 0 Å². The van der Waals surface area contributed by atoms with Crippen molar-refractivity contribution in [2.75, 3.05) is 19.0 Å². The number of carbonyl (C=O) groups is 2. The van der Waals surface area contributed by atoms with Gasteiger partial charge in [-0.2, -0.15) is 8.42 Å². The second-order valence-corrected chi connectivity index (χ2v) is 15.3. The second kappa shape index (κ2) is 34.7. The minimum absolute atomic E-state index is 0.193. The zero-order valence-corrected chi connectivity index (χ0v) is 32.0. The molecule has 0 N–H and O–H groups in total. The van der Waals surface area contributed by atoms with E-state index in [9.17, 15) is 18.0 Å². The molecule has 0 aliphatic heterocycles. The Morgan fingerprint density at radius 2 is 0.766 bits per heavy atom. The summed E-state index contributed by atoms with van der Waals surface area (Å²) in [5.74, 6) is -1.67. The number of esters is 2. The van der Waals surface area contributed by atoms with Crippen LogP contribution >= 0.6 is 0 Å². The average Bonchev–Trinajstić information content (AvgIpc) is 3.04. The molecule has 0 aromatic heterocycles. The van der Waals surface area contributed by atoms with Crippen LogP contribution in [-0.4, -0.2) is 45.4 Å². The van der Waals surface area contributed by atoms with Gasteiger partial charge in [0.15, 0.2) is 6.10 Å². The maximum atomic E-state index is 12.7. The Labute approximate surface area is 291 Å². The molecule has 8 heteroatoms. The predicted octanol–water partition coefficient (Wildman–Crippen LogP) is 11.6. The number of hydrogen-bond donors (Lipinski definition) is 0. The molecule has 1 atom stereocenters. The molecule has 0 aromatic rings. The van der Waals surface area contributed by atoms with Gasteiger partial charge in [0.25, 0.3) is 10.1 Å². The molecule has 1 unspecified atom stereocenters. The topological polar surface area (TPSA) is 96.0 Å². The van der Waals surface area contributed by atoms with E-state index in [0.717, 1.165) is 32.1 Å². The highest BCUT2D eigenvalue weighted by molar-refractivity contribution is 7.86. The number of unbranched alkanes of at least 4 members (excludes halogenated alkanes) is 26. The summed E-state index contributed by atoms with van der Waals surface area (Å²) in [5, 5.41) is 0. The van der Waals surface area contributed by atoms with Gasteiger partial charge in [-0.15, -0.1) is 0 Å². The van der Waals surface area contributed by atoms with Gasteiger partial charge >= 0.3 is 11.9 Å². The van der Waals surface area contributed by atoms with Crippen LogP contribution < -0.4 is 0 Å². The smallest absolute Gasteiger partial charge is 0.337 e. The Morgan fingerprint density at radius 1 is 0.447 bits per heavy atom. The third kappa shape index (κ3) is 33.1. The summed E-state index contributed by atoms with van der Waals surface area (Å²) in [6.07, 6.45) is 33.1. The first-order chi connectivity index (χ1) is 22.9. The van der Waals surface area contributed by atoms with Crippen molar-refractivity contribution >= 4 is 22.1 Å². The summed E-state index contributed by atoms with van der Waals surface area (Å²) < 4.78 is 40.3. The first kappa shape index (κ1) is 45.9. The van der Waals surface area contributed by atoms with Crippen molar-refractivity contribution in [1.29, 1.82) is 0 Å². The summed E-state index contributed by atoms with van der Waals surface area (Å²) in [6.45, 7) is 6.68. The fourth-order valence-electron chi connectivity index (χ4n) is 5.89. The highest BCUT2D eigenvalue weighted by Gasteiger charge is 2.30. The normalized spacial score (nSPS) is 12.3. The van der Waals surface area contributed by atoms with Crippen LogP contribution in [0.5, 0.6) is 0 Å². The Bertz CT molecular complexity index is 799. The van der Waals surface area contributed by atoms with Gasteiger partial charge in [0.05, 0.1) is 25.4 Å². The molecule has 0 fully saturated rings. The summed E-state index contributed by atoms with van der Waals surface area (Å²) >= 11 is 0. The highest BCUT2D eigenvalue weighted by Crippen LogP contribution is 2.15. The molecule has 0 aliphatic rings. The van der Waals surface area contributed by atoms with Crippen molar-refractivity contribution in [3.63, 3.8) is 0 Å². The molecule has 0 saturated heterocycles. The van der Waals surface area contributed by atoms with Crippen molar-refractivity contribution in [3.8, 4) is 0 Å². The average molecular weight is 689 g/mol. The first-order valence-electron chi connectivity index (χ1n) is 20.1. The molecule has 0 aromatic carbocycles. The number of ether oxygens (including phenoxy) is 2. The molecule has 7 nitrogen and oxygen atoms in total.